The summed E-state index contributed by atoms with van der Waals surface area (Å²) in [7, 11) is 0. The van der Waals surface area contributed by atoms with E-state index in [0.29, 0.717) is 0 Å². The van der Waals surface area contributed by atoms with Crippen LogP contribution in [-0.2, 0) is 19.1 Å². The van der Waals surface area contributed by atoms with Gasteiger partial charge >= 0.3 is 11.9 Å². The fourth-order valence-electron chi connectivity index (χ4n) is 1.28. The summed E-state index contributed by atoms with van der Waals surface area (Å²) in [6, 6.07) is 0. The van der Waals surface area contributed by atoms with Gasteiger partial charge in [-0.15, -0.1) is 0 Å². The second-order valence-electron chi connectivity index (χ2n) is 3.32. The molecule has 0 fully saturated rings. The first kappa shape index (κ1) is 14.6. The van der Waals surface area contributed by atoms with E-state index in [-0.39, 0.29) is 30.2 Å². The lowest BCUT2D eigenvalue weighted by Gasteiger charge is -2.09. The van der Waals surface area contributed by atoms with Gasteiger partial charge in [0.1, 0.15) is 5.69 Å². The number of carbonyl (C=O) groups excluding carboxylic acids is 2. The molecule has 1 rings (SSSR count). The molecule has 7 heteroatoms. The summed E-state index contributed by atoms with van der Waals surface area (Å²) < 4.78 is 9.58. The van der Waals surface area contributed by atoms with Crippen molar-refractivity contribution in [3.05, 3.63) is 29.9 Å². The Bertz CT molecular complexity index is 465. The quantitative estimate of drug-likeness (QED) is 0.352. The number of esters is 2. The van der Waals surface area contributed by atoms with Crippen molar-refractivity contribution < 1.29 is 19.1 Å². The first-order valence-electron chi connectivity index (χ1n) is 5.72. The number of ether oxygens (including phenoxy) is 2. The second-order valence-corrected chi connectivity index (χ2v) is 3.32. The van der Waals surface area contributed by atoms with Gasteiger partial charge in [0.15, 0.2) is 5.57 Å². The van der Waals surface area contributed by atoms with Crippen LogP contribution in [0.2, 0.25) is 0 Å². The van der Waals surface area contributed by atoms with Gasteiger partial charge in [0, 0.05) is 12.4 Å². The molecule has 1 aromatic rings. The van der Waals surface area contributed by atoms with E-state index in [4.69, 9.17) is 15.2 Å². The molecular formula is C12H15N3O4. The molecule has 0 saturated heterocycles. The minimum Gasteiger partial charge on any atom is -0.462 e. The maximum atomic E-state index is 11.8. The molecule has 0 atom stereocenters. The summed E-state index contributed by atoms with van der Waals surface area (Å²) in [5, 5.41) is 0. The molecular weight excluding hydrogens is 250 g/mol. The van der Waals surface area contributed by atoms with Crippen molar-refractivity contribution in [3.8, 4) is 0 Å². The molecule has 0 unspecified atom stereocenters. The van der Waals surface area contributed by atoms with Gasteiger partial charge in [0.05, 0.1) is 25.1 Å². The summed E-state index contributed by atoms with van der Waals surface area (Å²) in [6.45, 7) is 3.49. The summed E-state index contributed by atoms with van der Waals surface area (Å²) >= 11 is 0. The molecule has 2 N–H and O–H groups in total. The van der Waals surface area contributed by atoms with Gasteiger partial charge in [-0.25, -0.2) is 9.59 Å². The van der Waals surface area contributed by atoms with Gasteiger partial charge in [-0.2, -0.15) is 0 Å². The molecule has 1 aromatic heterocycles. The van der Waals surface area contributed by atoms with Crippen LogP contribution in [0.15, 0.2) is 24.2 Å². The average molecular weight is 265 g/mol. The van der Waals surface area contributed by atoms with Crippen LogP contribution in [0.1, 0.15) is 19.5 Å². The first-order valence-corrected chi connectivity index (χ1v) is 5.72. The van der Waals surface area contributed by atoms with Crippen molar-refractivity contribution >= 4 is 17.6 Å². The number of nitrogens with two attached hydrogens (primary N) is 1. The van der Waals surface area contributed by atoms with Crippen LogP contribution >= 0.6 is 0 Å². The Morgan fingerprint density at radius 2 is 1.74 bits per heavy atom. The van der Waals surface area contributed by atoms with E-state index >= 15 is 0 Å². The predicted octanol–water partition coefficient (Wildman–Crippen LogP) is 0.273. The van der Waals surface area contributed by atoms with Crippen LogP contribution in [0.3, 0.4) is 0 Å². The van der Waals surface area contributed by atoms with Crippen LogP contribution < -0.4 is 5.73 Å². The van der Waals surface area contributed by atoms with Crippen molar-refractivity contribution in [2.24, 2.45) is 5.73 Å². The molecule has 0 aliphatic heterocycles. The van der Waals surface area contributed by atoms with Gasteiger partial charge in [0.25, 0.3) is 0 Å². The Hall–Kier alpha value is -2.44. The van der Waals surface area contributed by atoms with Crippen molar-refractivity contribution in [1.29, 1.82) is 0 Å². The van der Waals surface area contributed by atoms with E-state index in [1.807, 2.05) is 0 Å². The highest BCUT2D eigenvalue weighted by molar-refractivity contribution is 6.19. The number of nitrogens with zero attached hydrogens (tertiary/aromatic N) is 2. The lowest BCUT2D eigenvalue weighted by atomic mass is 10.1. The molecule has 1 heterocycles. The smallest absolute Gasteiger partial charge is 0.347 e. The summed E-state index contributed by atoms with van der Waals surface area (Å²) in [5.74, 6) is -1.69. The van der Waals surface area contributed by atoms with Crippen LogP contribution in [0, 0.1) is 0 Å². The van der Waals surface area contributed by atoms with E-state index in [1.165, 1.54) is 18.6 Å². The molecule has 0 aliphatic rings. The monoisotopic (exact) mass is 265 g/mol. The number of rotatable bonds is 5. The van der Waals surface area contributed by atoms with E-state index < -0.39 is 11.9 Å². The third-order valence-corrected chi connectivity index (χ3v) is 2.07. The lowest BCUT2D eigenvalue weighted by molar-refractivity contribution is -0.146. The minimum atomic E-state index is -0.843. The number of hydrogen-bond acceptors (Lipinski definition) is 7. The zero-order chi connectivity index (χ0) is 14.3. The van der Waals surface area contributed by atoms with Crippen LogP contribution in [0.5, 0.6) is 0 Å². The van der Waals surface area contributed by atoms with Crippen LogP contribution in [0.4, 0.5) is 0 Å². The molecule has 102 valence electrons. The van der Waals surface area contributed by atoms with E-state index in [9.17, 15) is 9.59 Å². The fourth-order valence-corrected chi connectivity index (χ4v) is 1.28. The number of hydrogen-bond donors (Lipinski definition) is 1. The van der Waals surface area contributed by atoms with Crippen LogP contribution in [-0.4, -0.2) is 35.1 Å². The van der Waals surface area contributed by atoms with Gasteiger partial charge in [0.2, 0.25) is 0 Å². The molecule has 0 radical (unpaired) electrons. The van der Waals surface area contributed by atoms with Gasteiger partial charge in [-0.05, 0) is 13.8 Å². The van der Waals surface area contributed by atoms with Crippen molar-refractivity contribution in [2.75, 3.05) is 13.2 Å². The molecule has 7 nitrogen and oxygen atoms in total. The Morgan fingerprint density at radius 1 is 1.16 bits per heavy atom. The molecule has 19 heavy (non-hydrogen) atoms. The average Bonchev–Trinajstić information content (AvgIpc) is 2.40. The Morgan fingerprint density at radius 3 is 2.16 bits per heavy atom. The summed E-state index contributed by atoms with van der Waals surface area (Å²) in [5.41, 5.74) is 5.49. The van der Waals surface area contributed by atoms with E-state index in [0.717, 1.165) is 0 Å². The first-order chi connectivity index (χ1) is 9.11. The third kappa shape index (κ3) is 3.77. The zero-order valence-corrected chi connectivity index (χ0v) is 10.8. The highest BCUT2D eigenvalue weighted by Gasteiger charge is 2.26. The van der Waals surface area contributed by atoms with Gasteiger partial charge < -0.3 is 15.2 Å². The molecule has 0 saturated carbocycles. The zero-order valence-electron chi connectivity index (χ0n) is 10.8. The number of aromatic nitrogens is 2. The third-order valence-electron chi connectivity index (χ3n) is 2.07. The Kier molecular flexibility index (Phi) is 5.46. The Balaban J connectivity index is 3.21. The lowest BCUT2D eigenvalue weighted by Crippen LogP contribution is -2.23. The molecule has 0 aliphatic carbocycles. The predicted molar refractivity (Wildman–Crippen MR) is 66.4 cm³/mol. The van der Waals surface area contributed by atoms with Crippen LogP contribution in [0.25, 0.3) is 5.70 Å². The highest BCUT2D eigenvalue weighted by Crippen LogP contribution is 2.13. The SMILES string of the molecule is CCOC(=O)C(C(=O)OCC)=C(N)c1cnccn1. The molecule has 0 bridgehead atoms. The molecule has 0 aromatic carbocycles. The van der Waals surface area contributed by atoms with E-state index in [2.05, 4.69) is 9.97 Å². The van der Waals surface area contributed by atoms with Crippen molar-refractivity contribution in [1.82, 2.24) is 9.97 Å². The topological polar surface area (TPSA) is 104 Å². The molecule has 0 spiro atoms. The van der Waals surface area contributed by atoms with Gasteiger partial charge in [-0.3, -0.25) is 9.97 Å². The highest BCUT2D eigenvalue weighted by atomic mass is 16.6. The Labute approximate surface area is 110 Å². The summed E-state index contributed by atoms with van der Waals surface area (Å²) in [4.78, 5) is 31.3. The number of carbonyl (C=O) groups is 2. The minimum absolute atomic E-state index is 0.120. The van der Waals surface area contributed by atoms with E-state index in [1.54, 1.807) is 13.8 Å². The maximum absolute atomic E-state index is 11.8. The van der Waals surface area contributed by atoms with Crippen molar-refractivity contribution in [2.45, 2.75) is 13.8 Å². The van der Waals surface area contributed by atoms with Crippen molar-refractivity contribution in [3.63, 3.8) is 0 Å². The maximum Gasteiger partial charge on any atom is 0.347 e. The molecule has 0 amide bonds. The fraction of sp³-hybridized carbons (Fsp3) is 0.333. The largest absolute Gasteiger partial charge is 0.462 e. The standard InChI is InChI=1S/C12H15N3O4/c1-3-18-11(16)9(12(17)19-4-2)10(13)8-7-14-5-6-15-8/h5-7H,3-4,13H2,1-2H3. The summed E-state index contributed by atoms with van der Waals surface area (Å²) in [6.07, 6.45) is 4.19. The van der Waals surface area contributed by atoms with Gasteiger partial charge in [-0.1, -0.05) is 0 Å². The second kappa shape index (κ2) is 7.10. The normalized spacial score (nSPS) is 9.58.